The lowest BCUT2D eigenvalue weighted by Crippen LogP contribution is -2.51. The Balaban J connectivity index is 1.30. The normalized spacial score (nSPS) is 60.6. The second-order valence-corrected chi connectivity index (χ2v) is 11.4. The number of nitrogens with zero attached hydrogens (tertiary/aromatic N) is 2. The lowest BCUT2D eigenvalue weighted by Gasteiger charge is -2.56. The maximum atomic E-state index is 5.03. The molecule has 8 saturated carbocycles. The molecule has 8 aliphatic carbocycles. The Bertz CT molecular complexity index is 552. The van der Waals surface area contributed by atoms with Crippen molar-refractivity contribution in [2.24, 2.45) is 56.5 Å². The van der Waals surface area contributed by atoms with E-state index in [1.54, 1.807) is 0 Å². The van der Waals surface area contributed by atoms with Crippen molar-refractivity contribution in [1.29, 1.82) is 0 Å². The molecule has 0 aromatic rings. The van der Waals surface area contributed by atoms with Gasteiger partial charge in [-0.1, -0.05) is 13.8 Å². The molecule has 8 aliphatic rings. The molecule has 8 fully saturated rings. The van der Waals surface area contributed by atoms with Crippen LogP contribution in [0.1, 0.15) is 78.1 Å². The molecule has 8 atom stereocenters. The molecule has 0 aliphatic heterocycles. The Hall–Kier alpha value is -0.660. The molecule has 4 unspecified atom stereocenters. The molecule has 0 amide bonds. The monoisotopic (exact) mass is 324 g/mol. The molecular formula is C22H32N2. The zero-order valence-corrected chi connectivity index (χ0v) is 15.4. The smallest absolute Gasteiger partial charge is 0.0468 e. The Morgan fingerprint density at radius 3 is 1.21 bits per heavy atom. The maximum absolute atomic E-state index is 5.03. The number of rotatable bonds is 1. The molecule has 24 heavy (non-hydrogen) atoms. The first-order valence-electron chi connectivity index (χ1n) is 10.6. The molecule has 0 heterocycles. The van der Waals surface area contributed by atoms with Crippen LogP contribution < -0.4 is 0 Å². The Labute approximate surface area is 146 Å². The van der Waals surface area contributed by atoms with E-state index in [-0.39, 0.29) is 0 Å². The van der Waals surface area contributed by atoms with Gasteiger partial charge in [-0.05, 0) is 86.9 Å². The third kappa shape index (κ3) is 2.01. The van der Waals surface area contributed by atoms with E-state index in [1.165, 1.54) is 75.6 Å². The van der Waals surface area contributed by atoms with Crippen molar-refractivity contribution in [3.8, 4) is 0 Å². The first-order chi connectivity index (χ1) is 11.5. The first-order valence-corrected chi connectivity index (χ1v) is 10.6. The fourth-order valence-electron chi connectivity index (χ4n) is 8.75. The molecule has 8 bridgehead atoms. The average Bonchev–Trinajstić information content (AvgIpc) is 2.45. The standard InChI is InChI=1S/C22H32N2/c1-21-7-13-3-15(9-21)19(16(4-13)10-21)23-24-20-17-5-14-6-18(20)12-22(2,8-14)11-17/h13-18H,3-12H2,1-2H3/t13?,14?,15-,16+,17-,18+,21?,22?. The Kier molecular flexibility index (Phi) is 2.74. The van der Waals surface area contributed by atoms with Crippen molar-refractivity contribution in [2.75, 3.05) is 0 Å². The summed E-state index contributed by atoms with van der Waals surface area (Å²) in [5.74, 6) is 5.11. The molecule has 0 aromatic carbocycles. The topological polar surface area (TPSA) is 24.7 Å². The fraction of sp³-hybridized carbons (Fsp3) is 0.909. The lowest BCUT2D eigenvalue weighted by molar-refractivity contribution is 0.0283. The summed E-state index contributed by atoms with van der Waals surface area (Å²) in [6.45, 7) is 5.08. The van der Waals surface area contributed by atoms with E-state index in [0.717, 1.165) is 35.5 Å². The van der Waals surface area contributed by atoms with Gasteiger partial charge < -0.3 is 0 Å². The van der Waals surface area contributed by atoms with Crippen molar-refractivity contribution in [1.82, 2.24) is 0 Å². The zero-order chi connectivity index (χ0) is 16.1. The van der Waals surface area contributed by atoms with E-state index in [1.807, 2.05) is 0 Å². The van der Waals surface area contributed by atoms with Gasteiger partial charge in [-0.2, -0.15) is 10.2 Å². The van der Waals surface area contributed by atoms with Gasteiger partial charge in [0.15, 0.2) is 0 Å². The predicted molar refractivity (Wildman–Crippen MR) is 98.2 cm³/mol. The van der Waals surface area contributed by atoms with Gasteiger partial charge >= 0.3 is 0 Å². The molecule has 2 nitrogen and oxygen atoms in total. The summed E-state index contributed by atoms with van der Waals surface area (Å²) >= 11 is 0. The van der Waals surface area contributed by atoms with Crippen LogP contribution in [0.3, 0.4) is 0 Å². The minimum Gasteiger partial charge on any atom is -0.160 e. The highest BCUT2D eigenvalue weighted by molar-refractivity contribution is 5.94. The van der Waals surface area contributed by atoms with Gasteiger partial charge in [0, 0.05) is 35.1 Å². The van der Waals surface area contributed by atoms with Crippen LogP contribution in [0.5, 0.6) is 0 Å². The van der Waals surface area contributed by atoms with Gasteiger partial charge in [-0.3, -0.25) is 0 Å². The minimum atomic E-state index is 0.639. The first kappa shape index (κ1) is 14.5. The molecule has 130 valence electrons. The summed E-state index contributed by atoms with van der Waals surface area (Å²) in [5.41, 5.74) is 4.33. The van der Waals surface area contributed by atoms with E-state index < -0.39 is 0 Å². The SMILES string of the molecule is CC12CC3C[C@H](C1)C(=NN=C1[C@@H]4CC5C[C@H]1CC(C)(C5)C4)[C@@H](C3)C2. The molecule has 8 rings (SSSR count). The van der Waals surface area contributed by atoms with E-state index in [9.17, 15) is 0 Å². The van der Waals surface area contributed by atoms with Gasteiger partial charge in [0.25, 0.3) is 0 Å². The number of hydrogen-bond donors (Lipinski definition) is 0. The van der Waals surface area contributed by atoms with Crippen LogP contribution in [0.2, 0.25) is 0 Å². The van der Waals surface area contributed by atoms with Crippen LogP contribution in [-0.4, -0.2) is 11.4 Å². The minimum absolute atomic E-state index is 0.639. The average molecular weight is 325 g/mol. The maximum Gasteiger partial charge on any atom is 0.0468 e. The van der Waals surface area contributed by atoms with Crippen molar-refractivity contribution in [3.05, 3.63) is 0 Å². The van der Waals surface area contributed by atoms with E-state index in [0.29, 0.717) is 10.8 Å². The van der Waals surface area contributed by atoms with Gasteiger partial charge in [-0.25, -0.2) is 0 Å². The largest absolute Gasteiger partial charge is 0.160 e. The van der Waals surface area contributed by atoms with Gasteiger partial charge in [-0.15, -0.1) is 0 Å². The van der Waals surface area contributed by atoms with Crippen LogP contribution >= 0.6 is 0 Å². The van der Waals surface area contributed by atoms with Crippen LogP contribution in [0.15, 0.2) is 10.2 Å². The summed E-state index contributed by atoms with van der Waals surface area (Å²) in [4.78, 5) is 0. The predicted octanol–water partition coefficient (Wildman–Crippen LogP) is 5.48. The molecule has 0 radical (unpaired) electrons. The Morgan fingerprint density at radius 2 is 0.917 bits per heavy atom. The zero-order valence-electron chi connectivity index (χ0n) is 15.4. The van der Waals surface area contributed by atoms with Crippen molar-refractivity contribution < 1.29 is 0 Å². The van der Waals surface area contributed by atoms with E-state index in [4.69, 9.17) is 10.2 Å². The molecule has 0 N–H and O–H groups in total. The summed E-state index contributed by atoms with van der Waals surface area (Å²) in [7, 11) is 0. The highest BCUT2D eigenvalue weighted by atomic mass is 15.2. The van der Waals surface area contributed by atoms with Crippen LogP contribution in [0.25, 0.3) is 0 Å². The lowest BCUT2D eigenvalue weighted by atomic mass is 9.49. The molecule has 0 spiro atoms. The van der Waals surface area contributed by atoms with Crippen LogP contribution in [-0.2, 0) is 0 Å². The van der Waals surface area contributed by atoms with Crippen LogP contribution in [0, 0.1) is 46.3 Å². The highest BCUT2D eigenvalue weighted by Gasteiger charge is 2.53. The van der Waals surface area contributed by atoms with Crippen molar-refractivity contribution >= 4 is 11.4 Å². The highest BCUT2D eigenvalue weighted by Crippen LogP contribution is 2.60. The van der Waals surface area contributed by atoms with Crippen LogP contribution in [0.4, 0.5) is 0 Å². The quantitative estimate of drug-likeness (QED) is 0.571. The fourth-order valence-corrected chi connectivity index (χ4v) is 8.75. The van der Waals surface area contributed by atoms with Crippen molar-refractivity contribution in [2.45, 2.75) is 78.1 Å². The third-order valence-electron chi connectivity index (χ3n) is 8.95. The van der Waals surface area contributed by atoms with Gasteiger partial charge in [0.05, 0.1) is 0 Å². The third-order valence-corrected chi connectivity index (χ3v) is 8.95. The summed E-state index contributed by atoms with van der Waals surface area (Å²) in [6.07, 6.45) is 14.3. The molecular weight excluding hydrogens is 292 g/mol. The second-order valence-electron chi connectivity index (χ2n) is 11.4. The van der Waals surface area contributed by atoms with E-state index >= 15 is 0 Å². The van der Waals surface area contributed by atoms with E-state index in [2.05, 4.69) is 13.8 Å². The van der Waals surface area contributed by atoms with Gasteiger partial charge in [0.1, 0.15) is 0 Å². The Morgan fingerprint density at radius 1 is 0.583 bits per heavy atom. The number of hydrogen-bond acceptors (Lipinski definition) is 2. The molecule has 2 heteroatoms. The molecule has 0 saturated heterocycles. The summed E-state index contributed by atoms with van der Waals surface area (Å²) < 4.78 is 0. The molecule has 0 aromatic heterocycles. The summed E-state index contributed by atoms with van der Waals surface area (Å²) in [5, 5.41) is 10.1. The summed E-state index contributed by atoms with van der Waals surface area (Å²) in [6, 6.07) is 0. The second kappa shape index (κ2) is 4.54. The van der Waals surface area contributed by atoms with Crippen molar-refractivity contribution in [3.63, 3.8) is 0 Å². The van der Waals surface area contributed by atoms with Gasteiger partial charge in [0.2, 0.25) is 0 Å².